The molecule has 2 N–H and O–H groups in total. The van der Waals surface area contributed by atoms with Crippen LogP contribution in [-0.2, 0) is 9.59 Å². The van der Waals surface area contributed by atoms with E-state index in [4.69, 9.17) is 4.98 Å². The molecule has 1 aromatic carbocycles. The number of aromatic amines is 1. The van der Waals surface area contributed by atoms with Gasteiger partial charge in [-0.3, -0.25) is 9.59 Å². The Morgan fingerprint density at radius 1 is 1.31 bits per heavy atom. The normalized spacial score (nSPS) is 16.7. The van der Waals surface area contributed by atoms with E-state index in [1.165, 1.54) is 0 Å². The number of H-pyrrole nitrogens is 1. The summed E-state index contributed by atoms with van der Waals surface area (Å²) >= 11 is 0. The monoisotopic (exact) mass is 354 g/mol. The third-order valence-corrected chi connectivity index (χ3v) is 4.75. The molecule has 0 aliphatic carbocycles. The van der Waals surface area contributed by atoms with Crippen molar-refractivity contribution < 1.29 is 9.59 Å². The van der Waals surface area contributed by atoms with E-state index in [9.17, 15) is 9.59 Å². The summed E-state index contributed by atoms with van der Waals surface area (Å²) in [6.45, 7) is 4.71. The number of aromatic nitrogens is 2. The molecule has 1 aliphatic heterocycles. The van der Waals surface area contributed by atoms with Crippen LogP contribution in [0.25, 0.3) is 11.3 Å². The highest BCUT2D eigenvalue weighted by Gasteiger charge is 2.32. The van der Waals surface area contributed by atoms with Gasteiger partial charge in [0.2, 0.25) is 11.8 Å². The molecular formula is C20H26N4O2. The van der Waals surface area contributed by atoms with Crippen LogP contribution >= 0.6 is 0 Å². The summed E-state index contributed by atoms with van der Waals surface area (Å²) in [5, 5.41) is 2.71. The molecule has 1 aliphatic rings. The van der Waals surface area contributed by atoms with Crippen LogP contribution in [0.3, 0.4) is 0 Å². The molecule has 0 bridgehead atoms. The molecule has 1 fully saturated rings. The van der Waals surface area contributed by atoms with Crippen molar-refractivity contribution in [1.82, 2.24) is 20.2 Å². The fourth-order valence-electron chi connectivity index (χ4n) is 3.46. The second kappa shape index (κ2) is 8.17. The first-order valence-electron chi connectivity index (χ1n) is 9.28. The number of nitrogens with one attached hydrogen (secondary N) is 2. The second-order valence-electron chi connectivity index (χ2n) is 6.73. The van der Waals surface area contributed by atoms with Gasteiger partial charge in [0.15, 0.2) is 0 Å². The molecule has 1 unspecified atom stereocenters. The van der Waals surface area contributed by atoms with Crippen LogP contribution < -0.4 is 5.32 Å². The Balaban J connectivity index is 1.72. The van der Waals surface area contributed by atoms with Gasteiger partial charge >= 0.3 is 0 Å². The van der Waals surface area contributed by atoms with Crippen LogP contribution in [0.5, 0.6) is 0 Å². The number of hydrogen-bond donors (Lipinski definition) is 2. The average Bonchev–Trinajstić information content (AvgIpc) is 3.27. The summed E-state index contributed by atoms with van der Waals surface area (Å²) < 4.78 is 0. The van der Waals surface area contributed by atoms with Gasteiger partial charge in [-0.15, -0.1) is 0 Å². The maximum atomic E-state index is 12.6. The molecule has 3 rings (SSSR count). The topological polar surface area (TPSA) is 78.1 Å². The predicted molar refractivity (Wildman–Crippen MR) is 100 cm³/mol. The standard InChI is InChI=1S/C20H26N4O2/c1-3-8-17(25)21-13-18(26)24-12-7-11-16(24)20-22-14(2)19(23-20)15-9-5-4-6-10-15/h4-6,9-10,16H,3,7-8,11-13H2,1-2H3,(H,21,25)(H,22,23). The summed E-state index contributed by atoms with van der Waals surface area (Å²) in [6.07, 6.45) is 3.06. The molecular weight excluding hydrogens is 328 g/mol. The summed E-state index contributed by atoms with van der Waals surface area (Å²) in [4.78, 5) is 34.2. The Kier molecular flexibility index (Phi) is 5.71. The van der Waals surface area contributed by atoms with E-state index >= 15 is 0 Å². The third-order valence-electron chi connectivity index (χ3n) is 4.75. The average molecular weight is 354 g/mol. The van der Waals surface area contributed by atoms with Crippen molar-refractivity contribution in [1.29, 1.82) is 0 Å². The first-order valence-corrected chi connectivity index (χ1v) is 9.28. The van der Waals surface area contributed by atoms with Crippen molar-refractivity contribution in [3.8, 4) is 11.3 Å². The Bertz CT molecular complexity index is 769. The fourth-order valence-corrected chi connectivity index (χ4v) is 3.46. The van der Waals surface area contributed by atoms with Crippen molar-refractivity contribution in [2.45, 2.75) is 45.6 Å². The van der Waals surface area contributed by atoms with Crippen LogP contribution in [-0.4, -0.2) is 39.8 Å². The number of benzene rings is 1. The molecule has 0 spiro atoms. The molecule has 1 saturated heterocycles. The van der Waals surface area contributed by atoms with Crippen molar-refractivity contribution in [2.24, 2.45) is 0 Å². The lowest BCUT2D eigenvalue weighted by molar-refractivity contribution is -0.133. The highest BCUT2D eigenvalue weighted by molar-refractivity contribution is 5.85. The molecule has 2 aromatic rings. The summed E-state index contributed by atoms with van der Waals surface area (Å²) in [5.41, 5.74) is 2.99. The van der Waals surface area contributed by atoms with Gasteiger partial charge in [0, 0.05) is 24.2 Å². The summed E-state index contributed by atoms with van der Waals surface area (Å²) in [6, 6.07) is 9.99. The SMILES string of the molecule is CCCC(=O)NCC(=O)N1CCCC1c1nc(-c2ccccc2)c(C)[nH]1. The Morgan fingerprint density at radius 2 is 2.08 bits per heavy atom. The zero-order chi connectivity index (χ0) is 18.5. The number of imidazole rings is 1. The van der Waals surface area contributed by atoms with E-state index in [1.54, 1.807) is 0 Å². The lowest BCUT2D eigenvalue weighted by atomic mass is 10.1. The molecule has 138 valence electrons. The zero-order valence-electron chi connectivity index (χ0n) is 15.4. The molecule has 2 amide bonds. The number of aryl methyl sites for hydroxylation is 1. The Morgan fingerprint density at radius 3 is 2.81 bits per heavy atom. The van der Waals surface area contributed by atoms with Gasteiger partial charge in [0.25, 0.3) is 0 Å². The quantitative estimate of drug-likeness (QED) is 0.837. The molecule has 6 heteroatoms. The highest BCUT2D eigenvalue weighted by atomic mass is 16.2. The molecule has 26 heavy (non-hydrogen) atoms. The summed E-state index contributed by atoms with van der Waals surface area (Å²) in [5.74, 6) is 0.705. The van der Waals surface area contributed by atoms with Gasteiger partial charge in [-0.2, -0.15) is 0 Å². The maximum Gasteiger partial charge on any atom is 0.242 e. The Hall–Kier alpha value is -2.63. The van der Waals surface area contributed by atoms with Gasteiger partial charge in [0.05, 0.1) is 18.3 Å². The molecule has 0 radical (unpaired) electrons. The minimum absolute atomic E-state index is 0.0488. The smallest absolute Gasteiger partial charge is 0.242 e. The van der Waals surface area contributed by atoms with Crippen molar-refractivity contribution in [3.05, 3.63) is 41.9 Å². The molecule has 1 atom stereocenters. The number of rotatable bonds is 6. The minimum Gasteiger partial charge on any atom is -0.347 e. The van der Waals surface area contributed by atoms with Crippen LogP contribution in [0.1, 0.15) is 50.2 Å². The van der Waals surface area contributed by atoms with Gasteiger partial charge < -0.3 is 15.2 Å². The summed E-state index contributed by atoms with van der Waals surface area (Å²) in [7, 11) is 0. The van der Waals surface area contributed by atoms with E-state index in [-0.39, 0.29) is 24.4 Å². The fraction of sp³-hybridized carbons (Fsp3) is 0.450. The number of nitrogens with zero attached hydrogens (tertiary/aromatic N) is 2. The largest absolute Gasteiger partial charge is 0.347 e. The van der Waals surface area contributed by atoms with Crippen molar-refractivity contribution in [2.75, 3.05) is 13.1 Å². The molecule has 2 heterocycles. The molecule has 0 saturated carbocycles. The second-order valence-corrected chi connectivity index (χ2v) is 6.73. The van der Waals surface area contributed by atoms with Gasteiger partial charge in [-0.05, 0) is 26.2 Å². The lowest BCUT2D eigenvalue weighted by Crippen LogP contribution is -2.40. The maximum absolute atomic E-state index is 12.6. The van der Waals surface area contributed by atoms with Gasteiger partial charge in [-0.25, -0.2) is 4.98 Å². The van der Waals surface area contributed by atoms with Crippen molar-refractivity contribution >= 4 is 11.8 Å². The first kappa shape index (κ1) is 18.2. The van der Waals surface area contributed by atoms with Gasteiger partial charge in [-0.1, -0.05) is 37.3 Å². The number of likely N-dealkylation sites (tertiary alicyclic amines) is 1. The van der Waals surface area contributed by atoms with Crippen LogP contribution in [0, 0.1) is 6.92 Å². The molecule has 6 nitrogen and oxygen atoms in total. The first-order chi connectivity index (χ1) is 12.6. The lowest BCUT2D eigenvalue weighted by Gasteiger charge is -2.23. The molecule has 1 aromatic heterocycles. The minimum atomic E-state index is -0.0724. The van der Waals surface area contributed by atoms with E-state index < -0.39 is 0 Å². The van der Waals surface area contributed by atoms with E-state index in [1.807, 2.05) is 49.1 Å². The Labute approximate surface area is 154 Å². The predicted octanol–water partition coefficient (Wildman–Crippen LogP) is 2.96. The van der Waals surface area contributed by atoms with Crippen LogP contribution in [0.2, 0.25) is 0 Å². The van der Waals surface area contributed by atoms with Crippen LogP contribution in [0.15, 0.2) is 30.3 Å². The van der Waals surface area contributed by atoms with Crippen LogP contribution in [0.4, 0.5) is 0 Å². The van der Waals surface area contributed by atoms with Gasteiger partial charge in [0.1, 0.15) is 5.82 Å². The third kappa shape index (κ3) is 3.95. The number of carbonyl (C=O) groups is 2. The van der Waals surface area contributed by atoms with Crippen molar-refractivity contribution in [3.63, 3.8) is 0 Å². The highest BCUT2D eigenvalue weighted by Crippen LogP contribution is 2.32. The van der Waals surface area contributed by atoms with E-state index in [0.29, 0.717) is 13.0 Å². The zero-order valence-corrected chi connectivity index (χ0v) is 15.4. The number of amides is 2. The van der Waals surface area contributed by atoms with E-state index in [2.05, 4.69) is 10.3 Å². The van der Waals surface area contributed by atoms with E-state index in [0.717, 1.165) is 42.0 Å². The number of hydrogen-bond acceptors (Lipinski definition) is 3. The number of carbonyl (C=O) groups excluding carboxylic acids is 2.